The Bertz CT molecular complexity index is 698. The van der Waals surface area contributed by atoms with Gasteiger partial charge in [0.2, 0.25) is 5.76 Å². The number of benzene rings is 1. The van der Waals surface area contributed by atoms with Crippen molar-refractivity contribution < 1.29 is 18.4 Å². The first-order valence-corrected chi connectivity index (χ1v) is 8.11. The van der Waals surface area contributed by atoms with Gasteiger partial charge in [0.05, 0.1) is 27.2 Å². The molecule has 126 valence electrons. The molecule has 0 fully saturated rings. The van der Waals surface area contributed by atoms with Gasteiger partial charge < -0.3 is 13.6 Å². The predicted molar refractivity (Wildman–Crippen MR) is 92.5 cm³/mol. The van der Waals surface area contributed by atoms with Gasteiger partial charge in [0.25, 0.3) is 0 Å². The molecule has 0 radical (unpaired) electrons. The summed E-state index contributed by atoms with van der Waals surface area (Å²) in [4.78, 5) is 12.3. The maximum atomic E-state index is 12.3. The Labute approximate surface area is 138 Å². The minimum atomic E-state index is -0.395. The fourth-order valence-corrected chi connectivity index (χ4v) is 2.91. The summed E-state index contributed by atoms with van der Waals surface area (Å²) in [5, 5.41) is 0.931. The molecule has 4 heteroatoms. The van der Waals surface area contributed by atoms with Crippen LogP contribution >= 0.6 is 0 Å². The van der Waals surface area contributed by atoms with Crippen LogP contribution in [-0.2, 0) is 4.74 Å². The van der Waals surface area contributed by atoms with Gasteiger partial charge in [-0.3, -0.25) is 0 Å². The lowest BCUT2D eigenvalue weighted by Crippen LogP contribution is -2.47. The van der Waals surface area contributed by atoms with Crippen molar-refractivity contribution in [3.63, 3.8) is 0 Å². The van der Waals surface area contributed by atoms with E-state index in [-0.39, 0.29) is 11.2 Å². The van der Waals surface area contributed by atoms with Crippen LogP contribution in [0.3, 0.4) is 0 Å². The maximum Gasteiger partial charge on any atom is 0.374 e. The van der Waals surface area contributed by atoms with Crippen LogP contribution in [0.1, 0.15) is 36.9 Å². The highest BCUT2D eigenvalue weighted by Gasteiger charge is 2.29. The monoisotopic (exact) mass is 318 g/mol. The maximum absolute atomic E-state index is 12.3. The van der Waals surface area contributed by atoms with Crippen molar-refractivity contribution in [2.24, 2.45) is 5.41 Å². The minimum absolute atomic E-state index is 0.0855. The molecule has 0 atom stereocenters. The molecule has 0 aliphatic heterocycles. The zero-order chi connectivity index (χ0) is 17.3. The summed E-state index contributed by atoms with van der Waals surface area (Å²) in [6.45, 7) is 10.8. The molecule has 2 aromatic rings. The molecule has 0 aliphatic rings. The van der Waals surface area contributed by atoms with E-state index in [1.807, 2.05) is 25.1 Å². The molecule has 2 rings (SSSR count). The van der Waals surface area contributed by atoms with E-state index < -0.39 is 5.97 Å². The number of esters is 1. The summed E-state index contributed by atoms with van der Waals surface area (Å²) < 4.78 is 12.0. The molecule has 1 aromatic heterocycles. The highest BCUT2D eigenvalue weighted by molar-refractivity contribution is 5.92. The van der Waals surface area contributed by atoms with Gasteiger partial charge in [0.1, 0.15) is 12.2 Å². The van der Waals surface area contributed by atoms with Crippen molar-refractivity contribution in [3.8, 4) is 0 Å². The lowest BCUT2D eigenvalue weighted by molar-refractivity contribution is -0.894. The summed E-state index contributed by atoms with van der Waals surface area (Å²) in [5.41, 5.74) is 1.77. The van der Waals surface area contributed by atoms with E-state index in [2.05, 4.69) is 34.9 Å². The van der Waals surface area contributed by atoms with Crippen LogP contribution in [0.25, 0.3) is 11.0 Å². The zero-order valence-electron chi connectivity index (χ0n) is 15.1. The highest BCUT2D eigenvalue weighted by atomic mass is 16.5. The smallest absolute Gasteiger partial charge is 0.374 e. The minimum Gasteiger partial charge on any atom is -0.459 e. The Morgan fingerprint density at radius 3 is 2.61 bits per heavy atom. The average molecular weight is 318 g/mol. The Kier molecular flexibility index (Phi) is 4.85. The first-order valence-electron chi connectivity index (χ1n) is 8.11. The lowest BCUT2D eigenvalue weighted by atomic mass is 9.93. The van der Waals surface area contributed by atoms with Gasteiger partial charge in [-0.25, -0.2) is 4.79 Å². The van der Waals surface area contributed by atoms with Crippen molar-refractivity contribution in [1.82, 2.24) is 0 Å². The zero-order valence-corrected chi connectivity index (χ0v) is 15.1. The Hall–Kier alpha value is -1.81. The van der Waals surface area contributed by atoms with Crippen molar-refractivity contribution in [3.05, 3.63) is 35.6 Å². The number of fused-ring (bicyclic) bond motifs is 1. The summed E-state index contributed by atoms with van der Waals surface area (Å²) in [6, 6.07) is 7.60. The predicted octanol–water partition coefficient (Wildman–Crippen LogP) is 4.02. The number of carbonyl (C=O) groups excluding carboxylic acids is 1. The van der Waals surface area contributed by atoms with Crippen LogP contribution in [0.15, 0.2) is 28.7 Å². The van der Waals surface area contributed by atoms with Crippen LogP contribution in [0.2, 0.25) is 0 Å². The van der Waals surface area contributed by atoms with E-state index in [1.165, 1.54) is 0 Å². The van der Waals surface area contributed by atoms with Crippen molar-refractivity contribution in [2.45, 2.75) is 27.7 Å². The Morgan fingerprint density at radius 2 is 1.96 bits per heavy atom. The topological polar surface area (TPSA) is 39.4 Å². The Balaban J connectivity index is 2.03. The molecular weight excluding hydrogens is 290 g/mol. The fraction of sp³-hybridized carbons (Fsp3) is 0.526. The van der Waals surface area contributed by atoms with E-state index in [9.17, 15) is 4.79 Å². The summed E-state index contributed by atoms with van der Waals surface area (Å²) in [5.74, 6) is -0.126. The number of hydrogen-bond acceptors (Lipinski definition) is 3. The van der Waals surface area contributed by atoms with E-state index in [0.29, 0.717) is 12.2 Å². The first kappa shape index (κ1) is 17.5. The number of nitrogens with zero attached hydrogens (tertiary/aromatic N) is 1. The molecule has 0 bridgehead atoms. The van der Waals surface area contributed by atoms with Crippen molar-refractivity contribution in [2.75, 3.05) is 33.8 Å². The third-order valence-electron chi connectivity index (χ3n) is 4.18. The Morgan fingerprint density at radius 1 is 1.26 bits per heavy atom. The van der Waals surface area contributed by atoms with Crippen LogP contribution in [0, 0.1) is 12.3 Å². The van der Waals surface area contributed by atoms with Crippen molar-refractivity contribution >= 4 is 16.9 Å². The molecule has 0 saturated carbocycles. The number of carbonyl (C=O) groups is 1. The van der Waals surface area contributed by atoms with Gasteiger partial charge in [-0.1, -0.05) is 25.5 Å². The van der Waals surface area contributed by atoms with Gasteiger partial charge in [-0.15, -0.1) is 0 Å². The SMILES string of the molecule is CC[N+](C)(C)CC(C)(C)COC(=O)c1cc2cc(C)ccc2o1. The van der Waals surface area contributed by atoms with Gasteiger partial charge in [-0.2, -0.15) is 0 Å². The molecule has 0 saturated heterocycles. The lowest BCUT2D eigenvalue weighted by Gasteiger charge is -2.36. The van der Waals surface area contributed by atoms with Crippen LogP contribution in [0.4, 0.5) is 0 Å². The van der Waals surface area contributed by atoms with Crippen LogP contribution in [-0.4, -0.2) is 44.2 Å². The quantitative estimate of drug-likeness (QED) is 0.596. The number of aryl methyl sites for hydroxylation is 1. The first-order chi connectivity index (χ1) is 10.6. The molecule has 1 aromatic carbocycles. The normalized spacial score (nSPS) is 12.6. The molecule has 0 amide bonds. The van der Waals surface area contributed by atoms with Gasteiger partial charge in [-0.05, 0) is 32.0 Å². The number of ether oxygens (including phenoxy) is 1. The van der Waals surface area contributed by atoms with E-state index in [4.69, 9.17) is 9.15 Å². The molecule has 4 nitrogen and oxygen atoms in total. The van der Waals surface area contributed by atoms with Gasteiger partial charge in [0, 0.05) is 10.8 Å². The largest absolute Gasteiger partial charge is 0.459 e. The number of furan rings is 1. The molecule has 0 spiro atoms. The molecule has 1 heterocycles. The molecular formula is C19H28NO3+. The van der Waals surface area contributed by atoms with Crippen LogP contribution in [0.5, 0.6) is 0 Å². The molecule has 0 unspecified atom stereocenters. The van der Waals surface area contributed by atoms with E-state index in [0.717, 1.165) is 28.5 Å². The standard InChI is InChI=1S/C19H28NO3/c1-7-20(5,6)12-19(3,4)13-22-18(21)17-11-15-10-14(2)8-9-16(15)23-17/h8-11H,7,12-13H2,1-6H3/q+1. The average Bonchev–Trinajstić information content (AvgIpc) is 2.87. The number of quaternary nitrogens is 1. The number of hydrogen-bond donors (Lipinski definition) is 0. The molecule has 23 heavy (non-hydrogen) atoms. The third-order valence-corrected chi connectivity index (χ3v) is 4.18. The second-order valence-corrected chi connectivity index (χ2v) is 7.80. The van der Waals surface area contributed by atoms with E-state index in [1.54, 1.807) is 6.07 Å². The fourth-order valence-electron chi connectivity index (χ4n) is 2.91. The number of rotatable bonds is 6. The molecule has 0 aliphatic carbocycles. The second kappa shape index (κ2) is 6.36. The van der Waals surface area contributed by atoms with Gasteiger partial charge >= 0.3 is 5.97 Å². The van der Waals surface area contributed by atoms with E-state index >= 15 is 0 Å². The molecule has 0 N–H and O–H groups in total. The second-order valence-electron chi connectivity index (χ2n) is 7.80. The summed E-state index contributed by atoms with van der Waals surface area (Å²) >= 11 is 0. The van der Waals surface area contributed by atoms with Crippen LogP contribution < -0.4 is 0 Å². The third kappa shape index (κ3) is 4.58. The summed E-state index contributed by atoms with van der Waals surface area (Å²) in [6.07, 6.45) is 0. The highest BCUT2D eigenvalue weighted by Crippen LogP contribution is 2.23. The van der Waals surface area contributed by atoms with Crippen molar-refractivity contribution in [1.29, 1.82) is 0 Å². The van der Waals surface area contributed by atoms with Gasteiger partial charge in [0.15, 0.2) is 0 Å². The summed E-state index contributed by atoms with van der Waals surface area (Å²) in [7, 11) is 4.37.